The maximum atomic E-state index is 9.98. The van der Waals surface area contributed by atoms with Gasteiger partial charge in [-0.25, -0.2) is 0 Å². The van der Waals surface area contributed by atoms with Crippen molar-refractivity contribution in [1.29, 1.82) is 0 Å². The topological polar surface area (TPSA) is 9.86 Å². The summed E-state index contributed by atoms with van der Waals surface area (Å²) in [6.07, 6.45) is 0. The lowest BCUT2D eigenvalue weighted by atomic mass is 9.99. The first kappa shape index (κ1) is 25.8. The van der Waals surface area contributed by atoms with Crippen molar-refractivity contribution >= 4 is 75.1 Å². The zero-order valence-corrected chi connectivity index (χ0v) is 31.2. The molecule has 0 spiro atoms. The van der Waals surface area contributed by atoms with Crippen LogP contribution in [0.5, 0.6) is 0 Å². The Kier molecular flexibility index (Phi) is 5.74. The second-order valence-corrected chi connectivity index (χ2v) is 15.4. The standard InChI is InChI=1S/C54H34N2S/c1-3-13-35(14-4-1)37-23-29-51-46(31-37)47-33-39(25-30-52(47)56(51)48-20-10-7-17-41(48)36-15-5-2-6-16-36)38-24-28-50-45(32-38)42-18-8-11-21-49(42)55(50)40-26-27-44-43-19-9-12-22-53(43)57-54(44)34-40/h1-34H/i8D,11D,18D,21D,24D,28D,32D. The molecule has 0 saturated heterocycles. The third kappa shape index (κ3) is 5.03. The predicted molar refractivity (Wildman–Crippen MR) is 244 cm³/mol. The summed E-state index contributed by atoms with van der Waals surface area (Å²) in [5.74, 6) is 0. The highest BCUT2D eigenvalue weighted by Crippen LogP contribution is 2.42. The van der Waals surface area contributed by atoms with E-state index in [2.05, 4.69) is 71.3 Å². The molecule has 57 heavy (non-hydrogen) atoms. The van der Waals surface area contributed by atoms with E-state index in [0.29, 0.717) is 11.3 Å². The SMILES string of the molecule is [2H]c1c([2H])c([2H])c2c(c1[2H])c1c([2H])c(-c3ccc4c(c3)c3cc(-c5ccccc5)ccc3n4-c3ccccc3-c3ccccc3)c([2H])c([2H])c1n2-c1ccc2c(c1)sc1ccccc12. The molecule has 12 aromatic rings. The lowest BCUT2D eigenvalue weighted by Crippen LogP contribution is -1.97. The highest BCUT2D eigenvalue weighted by Gasteiger charge is 2.19. The van der Waals surface area contributed by atoms with Gasteiger partial charge in [-0.3, -0.25) is 0 Å². The molecule has 0 bridgehead atoms. The maximum Gasteiger partial charge on any atom is 0.0645 e. The molecule has 0 aliphatic heterocycles. The van der Waals surface area contributed by atoms with Crippen molar-refractivity contribution in [1.82, 2.24) is 9.13 Å². The minimum absolute atomic E-state index is 0.0739. The molecule has 0 radical (unpaired) electrons. The average Bonchev–Trinajstić information content (AvgIpc) is 4.00. The van der Waals surface area contributed by atoms with Crippen molar-refractivity contribution in [3.63, 3.8) is 0 Å². The van der Waals surface area contributed by atoms with Crippen LogP contribution in [0.2, 0.25) is 0 Å². The molecule has 3 heterocycles. The molecule has 0 saturated carbocycles. The molecule has 266 valence electrons. The molecular weight excluding hydrogens is 709 g/mol. The Morgan fingerprint density at radius 2 is 1.02 bits per heavy atom. The summed E-state index contributed by atoms with van der Waals surface area (Å²) in [5, 5.41) is 4.41. The van der Waals surface area contributed by atoms with Crippen molar-refractivity contribution in [2.45, 2.75) is 0 Å². The Balaban J connectivity index is 1.15. The van der Waals surface area contributed by atoms with Gasteiger partial charge in [0.15, 0.2) is 0 Å². The van der Waals surface area contributed by atoms with Crippen LogP contribution in [0, 0.1) is 0 Å². The molecule has 9 aromatic carbocycles. The number of thiophene rings is 1. The first-order valence-corrected chi connectivity index (χ1v) is 19.8. The largest absolute Gasteiger partial charge is 0.309 e. The molecule has 0 aliphatic rings. The fraction of sp³-hybridized carbons (Fsp3) is 0. The Morgan fingerprint density at radius 1 is 0.368 bits per heavy atom. The zero-order valence-electron chi connectivity index (χ0n) is 37.4. The van der Waals surface area contributed by atoms with E-state index in [1.807, 2.05) is 97.1 Å². The Bertz CT molecular complexity index is 3930. The van der Waals surface area contributed by atoms with Crippen LogP contribution in [0.25, 0.3) is 109 Å². The van der Waals surface area contributed by atoms with Crippen LogP contribution in [-0.2, 0) is 0 Å². The van der Waals surface area contributed by atoms with Gasteiger partial charge in [-0.15, -0.1) is 11.3 Å². The van der Waals surface area contributed by atoms with E-state index in [0.717, 1.165) is 69.9 Å². The van der Waals surface area contributed by atoms with Gasteiger partial charge in [0.25, 0.3) is 0 Å². The Hall–Kier alpha value is -7.20. The molecule has 0 unspecified atom stereocenters. The van der Waals surface area contributed by atoms with Crippen molar-refractivity contribution in [2.75, 3.05) is 0 Å². The van der Waals surface area contributed by atoms with Crippen molar-refractivity contribution in [2.24, 2.45) is 0 Å². The lowest BCUT2D eigenvalue weighted by Gasteiger charge is -2.14. The highest BCUT2D eigenvalue weighted by molar-refractivity contribution is 7.25. The van der Waals surface area contributed by atoms with E-state index in [4.69, 9.17) is 2.74 Å². The van der Waals surface area contributed by atoms with Gasteiger partial charge in [-0.05, 0) is 94.5 Å². The number of rotatable bonds is 5. The summed E-state index contributed by atoms with van der Waals surface area (Å²) in [6.45, 7) is 0. The number of fused-ring (bicyclic) bond motifs is 9. The van der Waals surface area contributed by atoms with Crippen LogP contribution in [0.3, 0.4) is 0 Å². The maximum absolute atomic E-state index is 9.98. The number of nitrogens with zero attached hydrogens (tertiary/aromatic N) is 2. The lowest BCUT2D eigenvalue weighted by molar-refractivity contribution is 1.18. The normalized spacial score (nSPS) is 13.6. The van der Waals surface area contributed by atoms with Gasteiger partial charge in [-0.1, -0.05) is 139 Å². The fourth-order valence-electron chi connectivity index (χ4n) is 8.55. The summed E-state index contributed by atoms with van der Waals surface area (Å²) in [5.41, 5.74) is 8.92. The van der Waals surface area contributed by atoms with Crippen LogP contribution in [0.15, 0.2) is 206 Å². The Morgan fingerprint density at radius 3 is 1.82 bits per heavy atom. The van der Waals surface area contributed by atoms with Gasteiger partial charge in [0.1, 0.15) is 0 Å². The third-order valence-electron chi connectivity index (χ3n) is 11.2. The third-order valence-corrected chi connectivity index (χ3v) is 12.3. The van der Waals surface area contributed by atoms with Gasteiger partial charge in [0.05, 0.1) is 37.3 Å². The minimum atomic E-state index is -0.418. The van der Waals surface area contributed by atoms with Crippen molar-refractivity contribution in [3.8, 4) is 44.8 Å². The first-order chi connectivity index (χ1) is 31.2. The summed E-state index contributed by atoms with van der Waals surface area (Å²) in [7, 11) is 0. The van der Waals surface area contributed by atoms with Crippen molar-refractivity contribution < 1.29 is 9.60 Å². The van der Waals surface area contributed by atoms with Gasteiger partial charge in [0, 0.05) is 53.0 Å². The monoisotopic (exact) mass is 749 g/mol. The zero-order chi connectivity index (χ0) is 43.5. The predicted octanol–water partition coefficient (Wildman–Crippen LogP) is 15.2. The quantitative estimate of drug-likeness (QED) is 0.166. The summed E-state index contributed by atoms with van der Waals surface area (Å²) in [4.78, 5) is 0. The second kappa shape index (κ2) is 12.7. The van der Waals surface area contributed by atoms with Gasteiger partial charge >= 0.3 is 0 Å². The van der Waals surface area contributed by atoms with Crippen molar-refractivity contribution in [3.05, 3.63) is 206 Å². The summed E-state index contributed by atoms with van der Waals surface area (Å²) < 4.78 is 71.3. The van der Waals surface area contributed by atoms with E-state index in [1.54, 1.807) is 15.9 Å². The molecule has 0 fully saturated rings. The number of hydrogen-bond acceptors (Lipinski definition) is 1. The van der Waals surface area contributed by atoms with Crippen LogP contribution < -0.4 is 0 Å². The van der Waals surface area contributed by atoms with E-state index in [-0.39, 0.29) is 57.6 Å². The van der Waals surface area contributed by atoms with E-state index >= 15 is 0 Å². The number of para-hydroxylation sites is 2. The molecule has 12 rings (SSSR count). The molecule has 0 N–H and O–H groups in total. The number of aromatic nitrogens is 2. The molecule has 3 heteroatoms. The molecule has 3 aromatic heterocycles. The van der Waals surface area contributed by atoms with E-state index < -0.39 is 12.1 Å². The van der Waals surface area contributed by atoms with Gasteiger partial charge in [0.2, 0.25) is 0 Å². The number of benzene rings is 9. The van der Waals surface area contributed by atoms with Gasteiger partial charge < -0.3 is 9.13 Å². The van der Waals surface area contributed by atoms with E-state index in [1.165, 1.54) is 0 Å². The minimum Gasteiger partial charge on any atom is -0.309 e. The molecule has 0 amide bonds. The van der Waals surface area contributed by atoms with Crippen LogP contribution >= 0.6 is 11.3 Å². The van der Waals surface area contributed by atoms with Crippen LogP contribution in [-0.4, -0.2) is 9.13 Å². The number of hydrogen-bond donors (Lipinski definition) is 0. The Labute approximate surface area is 343 Å². The summed E-state index contributed by atoms with van der Waals surface area (Å²) >= 11 is 1.62. The molecule has 0 atom stereocenters. The molecule has 0 aliphatic carbocycles. The van der Waals surface area contributed by atoms with E-state index in [9.17, 15) is 6.85 Å². The molecular formula is C54H34N2S. The summed E-state index contributed by atoms with van der Waals surface area (Å²) in [6, 6.07) is 53.5. The highest BCUT2D eigenvalue weighted by atomic mass is 32.1. The molecule has 2 nitrogen and oxygen atoms in total. The van der Waals surface area contributed by atoms with Crippen LogP contribution in [0.1, 0.15) is 9.60 Å². The van der Waals surface area contributed by atoms with Gasteiger partial charge in [-0.2, -0.15) is 0 Å². The van der Waals surface area contributed by atoms with Crippen LogP contribution in [0.4, 0.5) is 0 Å². The smallest absolute Gasteiger partial charge is 0.0645 e. The fourth-order valence-corrected chi connectivity index (χ4v) is 9.69. The first-order valence-electron chi connectivity index (χ1n) is 22.4. The average molecular weight is 750 g/mol. The second-order valence-electron chi connectivity index (χ2n) is 14.4.